The van der Waals surface area contributed by atoms with Crippen LogP contribution < -0.4 is 16.2 Å². The van der Waals surface area contributed by atoms with Crippen molar-refractivity contribution in [1.29, 1.82) is 0 Å². The van der Waals surface area contributed by atoms with E-state index in [9.17, 15) is 4.79 Å². The van der Waals surface area contributed by atoms with Crippen LogP contribution in [-0.2, 0) is 0 Å². The number of hydrogen-bond donors (Lipinski definition) is 2. The van der Waals surface area contributed by atoms with Crippen LogP contribution in [0.25, 0.3) is 0 Å². The number of aromatic nitrogens is 1. The molecule has 2 aromatic rings. The summed E-state index contributed by atoms with van der Waals surface area (Å²) in [6, 6.07) is 7.64. The van der Waals surface area contributed by atoms with Gasteiger partial charge in [-0.1, -0.05) is 17.7 Å². The number of aryl methyl sites for hydroxylation is 2. The number of nitrogens with zero attached hydrogens (tertiary/aromatic N) is 2. The lowest BCUT2D eigenvalue weighted by molar-refractivity contribution is 0.0993. The first-order valence-corrected chi connectivity index (χ1v) is 6.30. The Labute approximate surface area is 118 Å². The van der Waals surface area contributed by atoms with E-state index < -0.39 is 0 Å². The summed E-state index contributed by atoms with van der Waals surface area (Å²) in [6.07, 6.45) is 3.10. The summed E-state index contributed by atoms with van der Waals surface area (Å²) in [6.45, 7) is 4.01. The number of nitrogens with two attached hydrogens (primary N) is 1. The summed E-state index contributed by atoms with van der Waals surface area (Å²) < 4.78 is 0. The van der Waals surface area contributed by atoms with Crippen molar-refractivity contribution in [2.45, 2.75) is 13.8 Å². The predicted molar refractivity (Wildman–Crippen MR) is 80.7 cm³/mol. The maximum atomic E-state index is 12.6. The minimum Gasteiger partial charge on any atom is -0.323 e. The van der Waals surface area contributed by atoms with Gasteiger partial charge in [0, 0.05) is 25.1 Å². The van der Waals surface area contributed by atoms with Gasteiger partial charge in [-0.2, -0.15) is 0 Å². The van der Waals surface area contributed by atoms with Gasteiger partial charge in [0.25, 0.3) is 5.91 Å². The molecule has 0 saturated heterocycles. The molecule has 0 bridgehead atoms. The zero-order chi connectivity index (χ0) is 14.7. The smallest absolute Gasteiger partial charge is 0.261 e. The molecule has 0 aliphatic carbocycles. The highest BCUT2D eigenvalue weighted by Crippen LogP contribution is 2.23. The molecule has 0 aliphatic heterocycles. The van der Waals surface area contributed by atoms with E-state index in [-0.39, 0.29) is 5.91 Å². The Hall–Kier alpha value is -2.40. The van der Waals surface area contributed by atoms with Gasteiger partial charge in [-0.3, -0.25) is 15.6 Å². The third kappa shape index (κ3) is 2.62. The molecule has 1 aromatic carbocycles. The number of hydrazine groups is 1. The van der Waals surface area contributed by atoms with Gasteiger partial charge in [0.2, 0.25) is 0 Å². The second-order valence-electron chi connectivity index (χ2n) is 4.72. The van der Waals surface area contributed by atoms with E-state index in [1.54, 1.807) is 24.2 Å². The number of nitrogens with one attached hydrogen (secondary N) is 1. The zero-order valence-electron chi connectivity index (χ0n) is 11.8. The van der Waals surface area contributed by atoms with E-state index in [0.717, 1.165) is 16.8 Å². The maximum Gasteiger partial charge on any atom is 0.261 e. The average Bonchev–Trinajstić information content (AvgIpc) is 2.45. The van der Waals surface area contributed by atoms with Crippen molar-refractivity contribution >= 4 is 17.3 Å². The minimum absolute atomic E-state index is 0.155. The molecular weight excluding hydrogens is 252 g/mol. The molecule has 2 rings (SSSR count). The second kappa shape index (κ2) is 5.71. The highest BCUT2D eigenvalue weighted by atomic mass is 16.2. The number of hydrogen-bond acceptors (Lipinski definition) is 4. The first-order valence-electron chi connectivity index (χ1n) is 6.30. The van der Waals surface area contributed by atoms with Crippen LogP contribution in [0, 0.1) is 13.8 Å². The fourth-order valence-corrected chi connectivity index (χ4v) is 2.16. The average molecular weight is 270 g/mol. The van der Waals surface area contributed by atoms with Crippen molar-refractivity contribution in [2.24, 2.45) is 5.84 Å². The Morgan fingerprint density at radius 3 is 2.70 bits per heavy atom. The van der Waals surface area contributed by atoms with Gasteiger partial charge in [-0.15, -0.1) is 0 Å². The van der Waals surface area contributed by atoms with Gasteiger partial charge in [0.05, 0.1) is 11.3 Å². The minimum atomic E-state index is -0.155. The molecule has 5 heteroatoms. The lowest BCUT2D eigenvalue weighted by atomic mass is 10.1. The van der Waals surface area contributed by atoms with Gasteiger partial charge in [0.1, 0.15) is 0 Å². The molecule has 5 nitrogen and oxygen atoms in total. The fourth-order valence-electron chi connectivity index (χ4n) is 2.16. The van der Waals surface area contributed by atoms with Crippen molar-refractivity contribution in [2.75, 3.05) is 17.4 Å². The van der Waals surface area contributed by atoms with Gasteiger partial charge in [0.15, 0.2) is 0 Å². The van der Waals surface area contributed by atoms with E-state index in [1.165, 1.54) is 6.20 Å². The van der Waals surface area contributed by atoms with Crippen LogP contribution in [0.15, 0.2) is 36.7 Å². The van der Waals surface area contributed by atoms with Crippen molar-refractivity contribution in [3.05, 3.63) is 53.3 Å². The molecular formula is C15H18N4O. The fraction of sp³-hybridized carbons (Fsp3) is 0.200. The molecule has 0 atom stereocenters. The van der Waals surface area contributed by atoms with Crippen molar-refractivity contribution in [1.82, 2.24) is 4.98 Å². The van der Waals surface area contributed by atoms with Crippen LogP contribution >= 0.6 is 0 Å². The predicted octanol–water partition coefficient (Wildman–Crippen LogP) is 2.26. The van der Waals surface area contributed by atoms with E-state index in [0.29, 0.717) is 11.3 Å². The van der Waals surface area contributed by atoms with Crippen LogP contribution in [-0.4, -0.2) is 17.9 Å². The number of carbonyl (C=O) groups excluding carboxylic acids is 1. The Balaban J connectivity index is 2.37. The molecule has 0 unspecified atom stereocenters. The molecule has 1 aromatic heterocycles. The summed E-state index contributed by atoms with van der Waals surface area (Å²) in [4.78, 5) is 18.1. The van der Waals surface area contributed by atoms with E-state index in [2.05, 4.69) is 10.4 Å². The molecule has 104 valence electrons. The largest absolute Gasteiger partial charge is 0.323 e. The Morgan fingerprint density at radius 2 is 2.05 bits per heavy atom. The van der Waals surface area contributed by atoms with E-state index >= 15 is 0 Å². The molecule has 3 N–H and O–H groups in total. The normalized spacial score (nSPS) is 10.2. The molecule has 1 heterocycles. The van der Waals surface area contributed by atoms with Crippen LogP contribution in [0.2, 0.25) is 0 Å². The van der Waals surface area contributed by atoms with Crippen LogP contribution in [0.4, 0.5) is 11.4 Å². The second-order valence-corrected chi connectivity index (χ2v) is 4.72. The highest BCUT2D eigenvalue weighted by molar-refractivity contribution is 6.09. The Kier molecular flexibility index (Phi) is 4.00. The number of nitrogen functional groups attached to an aromatic ring is 1. The van der Waals surface area contributed by atoms with Crippen molar-refractivity contribution < 1.29 is 4.79 Å². The first kappa shape index (κ1) is 14.0. The Morgan fingerprint density at radius 1 is 1.30 bits per heavy atom. The monoisotopic (exact) mass is 270 g/mol. The SMILES string of the molecule is Cc1ccc(N(C)C(=O)c2cnccc2NN)c(C)c1. The van der Waals surface area contributed by atoms with Gasteiger partial charge >= 0.3 is 0 Å². The highest BCUT2D eigenvalue weighted by Gasteiger charge is 2.18. The summed E-state index contributed by atoms with van der Waals surface area (Å²) in [7, 11) is 1.74. The number of rotatable bonds is 3. The quantitative estimate of drug-likeness (QED) is 0.663. The van der Waals surface area contributed by atoms with E-state index in [4.69, 9.17) is 5.84 Å². The lowest BCUT2D eigenvalue weighted by Crippen LogP contribution is -2.28. The number of carbonyl (C=O) groups is 1. The summed E-state index contributed by atoms with van der Waals surface area (Å²) in [5, 5.41) is 0. The number of pyridine rings is 1. The van der Waals surface area contributed by atoms with Crippen LogP contribution in [0.1, 0.15) is 21.5 Å². The summed E-state index contributed by atoms with van der Waals surface area (Å²) in [5.74, 6) is 5.27. The van der Waals surface area contributed by atoms with Crippen LogP contribution in [0.3, 0.4) is 0 Å². The number of benzene rings is 1. The van der Waals surface area contributed by atoms with E-state index in [1.807, 2.05) is 32.0 Å². The van der Waals surface area contributed by atoms with Gasteiger partial charge in [-0.25, -0.2) is 0 Å². The Bertz CT molecular complexity index is 640. The number of anilines is 2. The molecule has 20 heavy (non-hydrogen) atoms. The first-order chi connectivity index (χ1) is 9.54. The molecule has 0 saturated carbocycles. The maximum absolute atomic E-state index is 12.6. The zero-order valence-corrected chi connectivity index (χ0v) is 11.8. The van der Waals surface area contributed by atoms with Crippen LogP contribution in [0.5, 0.6) is 0 Å². The molecule has 0 radical (unpaired) electrons. The van der Waals surface area contributed by atoms with Crippen molar-refractivity contribution in [3.8, 4) is 0 Å². The third-order valence-electron chi connectivity index (χ3n) is 3.23. The van der Waals surface area contributed by atoms with Crippen molar-refractivity contribution in [3.63, 3.8) is 0 Å². The molecule has 1 amide bonds. The molecule has 0 fully saturated rings. The number of amides is 1. The molecule has 0 spiro atoms. The van der Waals surface area contributed by atoms with Gasteiger partial charge in [-0.05, 0) is 31.5 Å². The summed E-state index contributed by atoms with van der Waals surface area (Å²) >= 11 is 0. The molecule has 0 aliphatic rings. The third-order valence-corrected chi connectivity index (χ3v) is 3.23. The topological polar surface area (TPSA) is 71.2 Å². The summed E-state index contributed by atoms with van der Waals surface area (Å²) in [5.41, 5.74) is 6.60. The lowest BCUT2D eigenvalue weighted by Gasteiger charge is -2.21. The standard InChI is InChI=1S/C15H18N4O/c1-10-4-5-14(11(2)8-10)19(3)15(20)12-9-17-7-6-13(12)18-16/h4-9H,16H2,1-3H3,(H,17,18). The van der Waals surface area contributed by atoms with Gasteiger partial charge < -0.3 is 10.3 Å².